The van der Waals surface area contributed by atoms with Crippen LogP contribution in [0.5, 0.6) is 0 Å². The lowest BCUT2D eigenvalue weighted by Crippen LogP contribution is -2.35. The third-order valence-corrected chi connectivity index (χ3v) is 7.18. The largest absolute Gasteiger partial charge is 0.346 e. The molecule has 1 atom stereocenters. The predicted molar refractivity (Wildman–Crippen MR) is 111 cm³/mol. The van der Waals surface area contributed by atoms with Crippen LogP contribution in [0, 0.1) is 0 Å². The smallest absolute Gasteiger partial charge is 0.251 e. The molecule has 1 aliphatic rings. The number of benzene rings is 2. The molecular weight excluding hydrogens is 372 g/mol. The molecule has 1 aliphatic heterocycles. The zero-order valence-corrected chi connectivity index (χ0v) is 17.3. The van der Waals surface area contributed by atoms with Gasteiger partial charge in [-0.15, -0.1) is 0 Å². The molecule has 0 spiro atoms. The highest BCUT2D eigenvalue weighted by atomic mass is 32.2. The highest BCUT2D eigenvalue weighted by molar-refractivity contribution is 7.89. The Balaban J connectivity index is 1.74. The highest BCUT2D eigenvalue weighted by Crippen LogP contribution is 2.22. The Bertz CT molecular complexity index is 917. The number of amides is 1. The van der Waals surface area contributed by atoms with E-state index >= 15 is 0 Å². The van der Waals surface area contributed by atoms with Gasteiger partial charge in [0.25, 0.3) is 5.91 Å². The molecule has 0 aliphatic carbocycles. The van der Waals surface area contributed by atoms with Crippen LogP contribution >= 0.6 is 0 Å². The van der Waals surface area contributed by atoms with E-state index in [1.54, 1.807) is 18.2 Å². The minimum Gasteiger partial charge on any atom is -0.346 e. The number of hydrogen-bond acceptors (Lipinski definition) is 3. The van der Waals surface area contributed by atoms with Crippen LogP contribution in [0.2, 0.25) is 0 Å². The first-order valence-electron chi connectivity index (χ1n) is 9.91. The maximum Gasteiger partial charge on any atom is 0.251 e. The molecule has 1 heterocycles. The van der Waals surface area contributed by atoms with E-state index in [-0.39, 0.29) is 16.8 Å². The maximum absolute atomic E-state index is 12.9. The van der Waals surface area contributed by atoms with E-state index in [1.807, 2.05) is 19.1 Å². The van der Waals surface area contributed by atoms with Gasteiger partial charge in [0.15, 0.2) is 0 Å². The molecule has 1 N–H and O–H groups in total. The van der Waals surface area contributed by atoms with E-state index in [1.165, 1.54) is 15.9 Å². The van der Waals surface area contributed by atoms with Crippen LogP contribution in [-0.2, 0) is 16.4 Å². The Labute approximate surface area is 167 Å². The Morgan fingerprint density at radius 2 is 1.75 bits per heavy atom. The summed E-state index contributed by atoms with van der Waals surface area (Å²) in [5.74, 6) is -0.275. The van der Waals surface area contributed by atoms with Crippen molar-refractivity contribution < 1.29 is 13.2 Å². The van der Waals surface area contributed by atoms with Crippen LogP contribution in [0.3, 0.4) is 0 Å². The van der Waals surface area contributed by atoms with Crippen LogP contribution in [0.1, 0.15) is 60.6 Å². The molecule has 5 nitrogen and oxygen atoms in total. The van der Waals surface area contributed by atoms with E-state index in [9.17, 15) is 13.2 Å². The fourth-order valence-corrected chi connectivity index (χ4v) is 5.02. The summed E-state index contributed by atoms with van der Waals surface area (Å²) in [4.78, 5) is 12.9. The zero-order chi connectivity index (χ0) is 20.1. The topological polar surface area (TPSA) is 66.5 Å². The van der Waals surface area contributed by atoms with Crippen molar-refractivity contribution in [2.75, 3.05) is 13.1 Å². The van der Waals surface area contributed by atoms with E-state index < -0.39 is 10.0 Å². The first-order chi connectivity index (χ1) is 13.4. The lowest BCUT2D eigenvalue weighted by Gasteiger charge is -2.26. The van der Waals surface area contributed by atoms with Crippen molar-refractivity contribution in [1.82, 2.24) is 9.62 Å². The number of carbonyl (C=O) groups excluding carboxylic acids is 1. The Kier molecular flexibility index (Phi) is 6.52. The minimum atomic E-state index is -3.55. The molecule has 1 unspecified atom stereocenters. The average Bonchev–Trinajstić information content (AvgIpc) is 2.74. The number of rotatable bonds is 6. The summed E-state index contributed by atoms with van der Waals surface area (Å²) in [7, 11) is -3.55. The monoisotopic (exact) mass is 400 g/mol. The van der Waals surface area contributed by atoms with E-state index in [0.29, 0.717) is 18.7 Å². The summed E-state index contributed by atoms with van der Waals surface area (Å²) in [5, 5.41) is 2.96. The SMILES string of the molecule is CCc1ccc(C(C)NC(=O)c2cccc(S(=O)(=O)N3CCCCC3)c2)cc1. The van der Waals surface area contributed by atoms with Crippen molar-refractivity contribution in [1.29, 1.82) is 0 Å². The van der Waals surface area contributed by atoms with Gasteiger partial charge in [-0.3, -0.25) is 4.79 Å². The second kappa shape index (κ2) is 8.88. The molecule has 28 heavy (non-hydrogen) atoms. The van der Waals surface area contributed by atoms with Crippen LogP contribution < -0.4 is 5.32 Å². The number of aryl methyl sites for hydroxylation is 1. The van der Waals surface area contributed by atoms with Gasteiger partial charge < -0.3 is 5.32 Å². The van der Waals surface area contributed by atoms with Gasteiger partial charge in [0.05, 0.1) is 10.9 Å². The average molecular weight is 401 g/mol. The van der Waals surface area contributed by atoms with Gasteiger partial charge in [0.1, 0.15) is 0 Å². The van der Waals surface area contributed by atoms with Gasteiger partial charge in [-0.1, -0.05) is 43.7 Å². The second-order valence-electron chi connectivity index (χ2n) is 7.28. The molecule has 150 valence electrons. The molecular formula is C22H28N2O3S. The van der Waals surface area contributed by atoms with E-state index in [0.717, 1.165) is 31.2 Å². The summed E-state index contributed by atoms with van der Waals surface area (Å²) in [6.45, 7) is 5.12. The fourth-order valence-electron chi connectivity index (χ4n) is 3.46. The lowest BCUT2D eigenvalue weighted by molar-refractivity contribution is 0.0939. The van der Waals surface area contributed by atoms with Crippen molar-refractivity contribution in [2.24, 2.45) is 0 Å². The van der Waals surface area contributed by atoms with Gasteiger partial charge >= 0.3 is 0 Å². The number of carbonyl (C=O) groups is 1. The number of sulfonamides is 1. The molecule has 0 saturated carbocycles. The van der Waals surface area contributed by atoms with Gasteiger partial charge in [-0.05, 0) is 55.5 Å². The van der Waals surface area contributed by atoms with Crippen LogP contribution in [-0.4, -0.2) is 31.7 Å². The first kappa shape index (κ1) is 20.6. The van der Waals surface area contributed by atoms with Crippen LogP contribution in [0.4, 0.5) is 0 Å². The maximum atomic E-state index is 12.9. The molecule has 0 radical (unpaired) electrons. The summed E-state index contributed by atoms with van der Waals surface area (Å²) in [5.41, 5.74) is 2.62. The molecule has 6 heteroatoms. The number of hydrogen-bond donors (Lipinski definition) is 1. The van der Waals surface area contributed by atoms with Crippen molar-refractivity contribution in [3.05, 3.63) is 65.2 Å². The summed E-state index contributed by atoms with van der Waals surface area (Å²) in [6.07, 6.45) is 3.80. The van der Waals surface area contributed by atoms with E-state index in [2.05, 4.69) is 24.4 Å². The predicted octanol–water partition coefficient (Wildman–Crippen LogP) is 3.91. The highest BCUT2D eigenvalue weighted by Gasteiger charge is 2.26. The molecule has 0 aromatic heterocycles. The molecule has 2 aromatic carbocycles. The molecule has 0 bridgehead atoms. The van der Waals surface area contributed by atoms with Crippen LogP contribution in [0.25, 0.3) is 0 Å². The Morgan fingerprint density at radius 1 is 1.07 bits per heavy atom. The molecule has 2 aromatic rings. The van der Waals surface area contributed by atoms with Crippen molar-refractivity contribution >= 4 is 15.9 Å². The van der Waals surface area contributed by atoms with Crippen LogP contribution in [0.15, 0.2) is 53.4 Å². The quantitative estimate of drug-likeness (QED) is 0.799. The normalized spacial score (nSPS) is 16.5. The zero-order valence-electron chi connectivity index (χ0n) is 16.5. The molecule has 1 saturated heterocycles. The van der Waals surface area contributed by atoms with Crippen molar-refractivity contribution in [3.8, 4) is 0 Å². The first-order valence-corrected chi connectivity index (χ1v) is 11.4. The number of nitrogens with zero attached hydrogens (tertiary/aromatic N) is 1. The minimum absolute atomic E-state index is 0.166. The summed E-state index contributed by atoms with van der Waals surface area (Å²) >= 11 is 0. The second-order valence-corrected chi connectivity index (χ2v) is 9.22. The summed E-state index contributed by atoms with van der Waals surface area (Å²) < 4.78 is 27.2. The van der Waals surface area contributed by atoms with Crippen molar-refractivity contribution in [2.45, 2.75) is 50.5 Å². The van der Waals surface area contributed by atoms with Crippen molar-refractivity contribution in [3.63, 3.8) is 0 Å². The molecule has 3 rings (SSSR count). The van der Waals surface area contributed by atoms with Gasteiger partial charge in [-0.2, -0.15) is 4.31 Å². The van der Waals surface area contributed by atoms with Gasteiger partial charge in [-0.25, -0.2) is 8.42 Å². The molecule has 1 fully saturated rings. The number of nitrogens with one attached hydrogen (secondary N) is 1. The lowest BCUT2D eigenvalue weighted by atomic mass is 10.0. The van der Waals surface area contributed by atoms with Gasteiger partial charge in [0, 0.05) is 18.7 Å². The van der Waals surface area contributed by atoms with E-state index in [4.69, 9.17) is 0 Å². The third kappa shape index (κ3) is 4.62. The number of piperidine rings is 1. The van der Waals surface area contributed by atoms with Gasteiger partial charge in [0.2, 0.25) is 10.0 Å². The Hall–Kier alpha value is -2.18. The molecule has 1 amide bonds. The third-order valence-electron chi connectivity index (χ3n) is 5.28. The Morgan fingerprint density at radius 3 is 2.39 bits per heavy atom. The standard InChI is InChI=1S/C22H28N2O3S/c1-3-18-10-12-19(13-11-18)17(2)23-22(25)20-8-7-9-21(16-20)28(26,27)24-14-5-4-6-15-24/h7-13,16-17H,3-6,14-15H2,1-2H3,(H,23,25). The summed E-state index contributed by atoms with van der Waals surface area (Å²) in [6, 6.07) is 14.3. The fraction of sp³-hybridized carbons (Fsp3) is 0.409.